The monoisotopic (exact) mass is 313 g/mol. The van der Waals surface area contributed by atoms with Crippen molar-refractivity contribution in [2.24, 2.45) is 5.73 Å². The van der Waals surface area contributed by atoms with Crippen LogP contribution in [0.25, 0.3) is 0 Å². The zero-order valence-electron chi connectivity index (χ0n) is 14.9. The van der Waals surface area contributed by atoms with Crippen LogP contribution in [0.5, 0.6) is 0 Å². The third-order valence-electron chi connectivity index (χ3n) is 4.03. The number of rotatable bonds is 16. The molecule has 1 amide bonds. The molecule has 3 heteroatoms. The first kappa shape index (κ1) is 23.4. The average molecular weight is 314 g/mol. The molecule has 2 N–H and O–H groups in total. The van der Waals surface area contributed by atoms with Gasteiger partial charge in [-0.15, -0.1) is 0 Å². The van der Waals surface area contributed by atoms with Crippen molar-refractivity contribution in [2.45, 2.75) is 110 Å². The van der Waals surface area contributed by atoms with Crippen LogP contribution in [0, 0.1) is 0 Å². The van der Waals surface area contributed by atoms with Gasteiger partial charge in [0.1, 0.15) is 6.79 Å². The lowest BCUT2D eigenvalue weighted by Gasteiger charge is -2.03. The fourth-order valence-corrected chi connectivity index (χ4v) is 2.67. The summed E-state index contributed by atoms with van der Waals surface area (Å²) < 4.78 is 0. The van der Waals surface area contributed by atoms with E-state index in [0.29, 0.717) is 6.42 Å². The first-order valence-electron chi connectivity index (χ1n) is 9.34. The molecule has 0 radical (unpaired) electrons. The van der Waals surface area contributed by atoms with Crippen LogP contribution in [-0.4, -0.2) is 12.7 Å². The first-order chi connectivity index (χ1) is 10.8. The highest BCUT2D eigenvalue weighted by Crippen LogP contribution is 2.13. The van der Waals surface area contributed by atoms with E-state index < -0.39 is 0 Å². The number of hydrogen-bond acceptors (Lipinski definition) is 2. The number of nitrogens with two attached hydrogens (primary N) is 1. The maximum absolute atomic E-state index is 10.6. The minimum atomic E-state index is -0.153. The molecule has 0 aromatic carbocycles. The molecule has 0 rings (SSSR count). The topological polar surface area (TPSA) is 60.2 Å². The Balaban J connectivity index is 0. The molecule has 0 saturated heterocycles. The van der Waals surface area contributed by atoms with Crippen molar-refractivity contribution in [3.8, 4) is 0 Å². The maximum atomic E-state index is 10.6. The average Bonchev–Trinajstić information content (AvgIpc) is 2.53. The van der Waals surface area contributed by atoms with E-state index in [-0.39, 0.29) is 5.91 Å². The summed E-state index contributed by atoms with van der Waals surface area (Å²) >= 11 is 0. The standard InChI is InChI=1S/C18H37NO.CH2O/c1-2-3-4-5-6-7-8-9-10-11-12-13-14-15-16-17-18(19)20;1-2/h2-17H2,1H3,(H2,19,20);1H2. The lowest BCUT2D eigenvalue weighted by molar-refractivity contribution is -0.118. The van der Waals surface area contributed by atoms with Gasteiger partial charge in [-0.25, -0.2) is 0 Å². The van der Waals surface area contributed by atoms with Crippen LogP contribution < -0.4 is 5.73 Å². The molecule has 0 aliphatic rings. The van der Waals surface area contributed by atoms with Gasteiger partial charge < -0.3 is 10.5 Å². The third kappa shape index (κ3) is 24.2. The van der Waals surface area contributed by atoms with E-state index in [1.54, 1.807) is 0 Å². The van der Waals surface area contributed by atoms with Crippen LogP contribution in [0.1, 0.15) is 110 Å². The van der Waals surface area contributed by atoms with E-state index >= 15 is 0 Å². The van der Waals surface area contributed by atoms with Crippen LogP contribution in [0.15, 0.2) is 0 Å². The Labute approximate surface area is 138 Å². The van der Waals surface area contributed by atoms with Crippen molar-refractivity contribution in [1.29, 1.82) is 0 Å². The van der Waals surface area contributed by atoms with Crippen molar-refractivity contribution in [3.05, 3.63) is 0 Å². The Morgan fingerprint density at radius 3 is 1.18 bits per heavy atom. The molecule has 3 nitrogen and oxygen atoms in total. The summed E-state index contributed by atoms with van der Waals surface area (Å²) in [6.45, 7) is 4.28. The predicted octanol–water partition coefficient (Wildman–Crippen LogP) is 5.55. The smallest absolute Gasteiger partial charge is 0.217 e. The molecular weight excluding hydrogens is 274 g/mol. The van der Waals surface area contributed by atoms with Crippen LogP contribution in [0.4, 0.5) is 0 Å². The van der Waals surface area contributed by atoms with E-state index in [4.69, 9.17) is 10.5 Å². The Bertz CT molecular complexity index is 219. The zero-order valence-corrected chi connectivity index (χ0v) is 14.9. The van der Waals surface area contributed by atoms with Crippen molar-refractivity contribution in [2.75, 3.05) is 0 Å². The van der Waals surface area contributed by atoms with Gasteiger partial charge in [0.25, 0.3) is 0 Å². The largest absolute Gasteiger partial charge is 0.370 e. The zero-order chi connectivity index (χ0) is 16.9. The minimum absolute atomic E-state index is 0.153. The van der Waals surface area contributed by atoms with Gasteiger partial charge in [-0.3, -0.25) is 4.79 Å². The Morgan fingerprint density at radius 2 is 0.909 bits per heavy atom. The molecule has 0 bridgehead atoms. The van der Waals surface area contributed by atoms with Gasteiger partial charge in [0.15, 0.2) is 0 Å². The van der Waals surface area contributed by atoms with Gasteiger partial charge in [-0.05, 0) is 6.42 Å². The summed E-state index contributed by atoms with van der Waals surface area (Å²) in [7, 11) is 0. The summed E-state index contributed by atoms with van der Waals surface area (Å²) in [6, 6.07) is 0. The van der Waals surface area contributed by atoms with Crippen LogP contribution in [0.2, 0.25) is 0 Å². The second-order valence-corrected chi connectivity index (χ2v) is 6.17. The van der Waals surface area contributed by atoms with Gasteiger partial charge >= 0.3 is 0 Å². The Kier molecular flexibility index (Phi) is 23.9. The van der Waals surface area contributed by atoms with Crippen molar-refractivity contribution < 1.29 is 9.59 Å². The summed E-state index contributed by atoms with van der Waals surface area (Å²) in [5.74, 6) is -0.153. The molecule has 132 valence electrons. The number of primary amides is 1. The van der Waals surface area contributed by atoms with E-state index in [1.165, 1.54) is 89.9 Å². The van der Waals surface area contributed by atoms with E-state index in [1.807, 2.05) is 6.79 Å². The molecule has 0 aliphatic heterocycles. The van der Waals surface area contributed by atoms with Crippen molar-refractivity contribution in [3.63, 3.8) is 0 Å². The predicted molar refractivity (Wildman–Crippen MR) is 95.9 cm³/mol. The van der Waals surface area contributed by atoms with Crippen molar-refractivity contribution in [1.82, 2.24) is 0 Å². The number of hydrogen-bond donors (Lipinski definition) is 1. The van der Waals surface area contributed by atoms with E-state index in [2.05, 4.69) is 6.92 Å². The van der Waals surface area contributed by atoms with Crippen LogP contribution in [0.3, 0.4) is 0 Å². The highest BCUT2D eigenvalue weighted by atomic mass is 16.1. The quantitative estimate of drug-likeness (QED) is 0.380. The third-order valence-corrected chi connectivity index (χ3v) is 4.03. The van der Waals surface area contributed by atoms with Gasteiger partial charge in [-0.2, -0.15) is 0 Å². The molecule has 0 spiro atoms. The molecule has 0 aromatic heterocycles. The number of carbonyl (C=O) groups excluding carboxylic acids is 2. The van der Waals surface area contributed by atoms with Gasteiger partial charge in [0.05, 0.1) is 0 Å². The Morgan fingerprint density at radius 1 is 0.636 bits per heavy atom. The van der Waals surface area contributed by atoms with Crippen LogP contribution >= 0.6 is 0 Å². The van der Waals surface area contributed by atoms with Crippen LogP contribution in [-0.2, 0) is 9.59 Å². The van der Waals surface area contributed by atoms with E-state index in [0.717, 1.165) is 6.42 Å². The van der Waals surface area contributed by atoms with E-state index in [9.17, 15) is 4.79 Å². The minimum Gasteiger partial charge on any atom is -0.370 e. The van der Waals surface area contributed by atoms with Gasteiger partial charge in [0, 0.05) is 6.42 Å². The first-order valence-corrected chi connectivity index (χ1v) is 9.34. The van der Waals surface area contributed by atoms with Gasteiger partial charge in [-0.1, -0.05) is 96.8 Å². The number of carbonyl (C=O) groups is 2. The number of unbranched alkanes of at least 4 members (excludes halogenated alkanes) is 14. The Hall–Kier alpha value is -0.860. The SMILES string of the molecule is C=O.CCCCCCCCCCCCCCCCCC(N)=O. The lowest BCUT2D eigenvalue weighted by Crippen LogP contribution is -2.09. The van der Waals surface area contributed by atoms with Crippen molar-refractivity contribution >= 4 is 12.7 Å². The highest BCUT2D eigenvalue weighted by molar-refractivity contribution is 5.73. The summed E-state index contributed by atoms with van der Waals surface area (Å²) in [4.78, 5) is 18.6. The molecule has 0 unspecified atom stereocenters. The molecule has 0 aromatic rings. The number of amides is 1. The normalized spacial score (nSPS) is 10.0. The summed E-state index contributed by atoms with van der Waals surface area (Å²) in [5.41, 5.74) is 5.11. The van der Waals surface area contributed by atoms with Gasteiger partial charge in [0.2, 0.25) is 5.91 Å². The highest BCUT2D eigenvalue weighted by Gasteiger charge is 1.96. The molecule has 0 heterocycles. The molecule has 0 atom stereocenters. The second-order valence-electron chi connectivity index (χ2n) is 6.17. The lowest BCUT2D eigenvalue weighted by atomic mass is 10.0. The fraction of sp³-hybridized carbons (Fsp3) is 0.895. The second kappa shape index (κ2) is 22.4. The molecule has 0 fully saturated rings. The summed E-state index contributed by atoms with van der Waals surface area (Å²) in [6.07, 6.45) is 20.9. The molecule has 0 saturated carbocycles. The molecular formula is C19H39NO2. The maximum Gasteiger partial charge on any atom is 0.217 e. The molecule has 0 aliphatic carbocycles. The summed E-state index contributed by atoms with van der Waals surface area (Å²) in [5, 5.41) is 0. The molecule has 22 heavy (non-hydrogen) atoms. The fourth-order valence-electron chi connectivity index (χ4n) is 2.67.